The number of hydrogen-bond acceptors (Lipinski definition) is 7. The van der Waals surface area contributed by atoms with Crippen LogP contribution in [0.2, 0.25) is 0 Å². The van der Waals surface area contributed by atoms with Gasteiger partial charge in [0.15, 0.2) is 0 Å². The third-order valence-electron chi connectivity index (χ3n) is 0.443. The van der Waals surface area contributed by atoms with E-state index in [4.69, 9.17) is 14.1 Å². The van der Waals surface area contributed by atoms with E-state index in [2.05, 4.69) is 9.72 Å². The Morgan fingerprint density at radius 2 is 1.31 bits per heavy atom. The van der Waals surface area contributed by atoms with E-state index in [1.165, 1.54) is 0 Å². The Morgan fingerprint density at radius 1 is 1.06 bits per heavy atom. The molecular weight excluding hydrogens is 276 g/mol. The Balaban J connectivity index is -0.000000214. The number of hydrogen-bond donors (Lipinski definition) is 2. The summed E-state index contributed by atoms with van der Waals surface area (Å²) in [6.45, 7) is 0. The Kier molecular flexibility index (Phi) is 12.5. The van der Waals surface area contributed by atoms with Crippen molar-refractivity contribution in [2.75, 3.05) is 5.08 Å². The number of rotatable bonds is 4. The molecule has 0 unspecified atom stereocenters. The van der Waals surface area contributed by atoms with Gasteiger partial charge in [0.25, 0.3) is 20.2 Å². The summed E-state index contributed by atoms with van der Waals surface area (Å²) in [6.07, 6.45) is 0. The van der Waals surface area contributed by atoms with Crippen molar-refractivity contribution in [3.05, 3.63) is 0 Å². The average molecular weight is 280 g/mol. The molecule has 0 fully saturated rings. The molecule has 0 rings (SSSR count). The van der Waals surface area contributed by atoms with Crippen molar-refractivity contribution in [1.29, 1.82) is 0 Å². The fourth-order valence-corrected chi connectivity index (χ4v) is 1.71. The standard InChI is InChI=1S/CH4O6S2.BF2O3.Li/c2-8(3,4)1-9(5,6)7;2-5-1(4)6-3;/h1H2,(H,2,3,4)(H,5,6,7);;/q;-1;+1. The van der Waals surface area contributed by atoms with Crippen LogP contribution in [-0.4, -0.2) is 38.3 Å². The van der Waals surface area contributed by atoms with E-state index >= 15 is 0 Å². The van der Waals surface area contributed by atoms with Gasteiger partial charge < -0.3 is 5.02 Å². The van der Waals surface area contributed by atoms with Gasteiger partial charge in [-0.25, -0.2) is 9.72 Å². The van der Waals surface area contributed by atoms with E-state index in [-0.39, 0.29) is 18.9 Å². The molecule has 0 spiro atoms. The second kappa shape index (κ2) is 9.27. The molecule has 0 aliphatic heterocycles. The molecule has 0 aromatic rings. The Hall–Kier alpha value is 0.222. The van der Waals surface area contributed by atoms with E-state index < -0.39 is 32.6 Å². The minimum absolute atomic E-state index is 0. The molecule has 0 aromatic heterocycles. The second-order valence-electron chi connectivity index (χ2n) is 1.75. The van der Waals surface area contributed by atoms with Gasteiger partial charge in [-0.15, -0.1) is 0 Å². The zero-order valence-corrected chi connectivity index (χ0v) is 9.24. The summed E-state index contributed by atoms with van der Waals surface area (Å²) in [7, 11) is -11.9. The van der Waals surface area contributed by atoms with Crippen LogP contribution in [0.15, 0.2) is 0 Å². The summed E-state index contributed by atoms with van der Waals surface area (Å²) in [6, 6.07) is 0. The zero-order valence-electron chi connectivity index (χ0n) is 7.61. The zero-order chi connectivity index (χ0) is 12.7. The van der Waals surface area contributed by atoms with Gasteiger partial charge in [0.2, 0.25) is 5.08 Å². The smallest absolute Gasteiger partial charge is 0.827 e. The summed E-state index contributed by atoms with van der Waals surface area (Å²) in [5, 5.41) is 7.42. The molecule has 0 aromatic carbocycles. The minimum Gasteiger partial charge on any atom is -0.827 e. The van der Waals surface area contributed by atoms with Crippen LogP contribution in [0, 0.1) is 0 Å². The third kappa shape index (κ3) is 23.8. The van der Waals surface area contributed by atoms with Crippen LogP contribution in [0.25, 0.3) is 0 Å². The first-order valence-corrected chi connectivity index (χ1v) is 5.84. The SMILES string of the molecule is O=S(=O)(O)CS(=O)(=O)O.[Li+].[O-]B(OF)OF. The molecule has 0 saturated heterocycles. The van der Waals surface area contributed by atoms with Crippen LogP contribution in [0.1, 0.15) is 0 Å². The molecule has 0 saturated carbocycles. The van der Waals surface area contributed by atoms with Crippen molar-refractivity contribution in [1.82, 2.24) is 0 Å². The van der Waals surface area contributed by atoms with E-state index in [1.54, 1.807) is 0 Å². The van der Waals surface area contributed by atoms with Crippen molar-refractivity contribution >= 4 is 27.6 Å². The predicted molar refractivity (Wildman–Crippen MR) is 38.1 cm³/mol. The molecule has 92 valence electrons. The van der Waals surface area contributed by atoms with Gasteiger partial charge >= 0.3 is 26.2 Å². The van der Waals surface area contributed by atoms with Crippen molar-refractivity contribution in [2.24, 2.45) is 0 Å². The van der Waals surface area contributed by atoms with Gasteiger partial charge in [-0.2, -0.15) is 16.8 Å². The fourth-order valence-electron chi connectivity index (χ4n) is 0.202. The maximum atomic E-state index is 10.2. The fraction of sp³-hybridized carbons (Fsp3) is 1.00. The molecule has 0 aliphatic carbocycles. The molecule has 0 heterocycles. The van der Waals surface area contributed by atoms with Gasteiger partial charge in [0, 0.05) is 0 Å². The summed E-state index contributed by atoms with van der Waals surface area (Å²) >= 11 is 0. The van der Waals surface area contributed by atoms with Crippen LogP contribution in [-0.2, 0) is 30.0 Å². The Labute approximate surface area is 101 Å². The maximum Gasteiger partial charge on any atom is 1.00 e. The molecule has 0 atom stereocenters. The van der Waals surface area contributed by atoms with Gasteiger partial charge in [0.05, 0.1) is 0 Å². The summed E-state index contributed by atoms with van der Waals surface area (Å²) < 4.78 is 74.6. The van der Waals surface area contributed by atoms with Crippen LogP contribution >= 0.6 is 0 Å². The van der Waals surface area contributed by atoms with Gasteiger partial charge in [-0.05, 0) is 0 Å². The Morgan fingerprint density at radius 3 is 1.31 bits per heavy atom. The van der Waals surface area contributed by atoms with Crippen molar-refractivity contribution in [3.63, 3.8) is 0 Å². The molecule has 0 amide bonds. The van der Waals surface area contributed by atoms with Gasteiger partial charge in [-0.3, -0.25) is 9.11 Å². The largest absolute Gasteiger partial charge is 1.00 e. The first-order chi connectivity index (χ1) is 6.52. The monoisotopic (exact) mass is 280 g/mol. The van der Waals surface area contributed by atoms with E-state index in [0.717, 1.165) is 0 Å². The molecular formula is CH4BF2LiO9S2. The van der Waals surface area contributed by atoms with Crippen LogP contribution in [0.3, 0.4) is 0 Å². The topological polar surface area (TPSA) is 150 Å². The molecule has 9 nitrogen and oxygen atoms in total. The molecule has 2 N–H and O–H groups in total. The number of halogens is 2. The quantitative estimate of drug-likeness (QED) is 0.380. The second-order valence-corrected chi connectivity index (χ2v) is 5.02. The van der Waals surface area contributed by atoms with E-state index in [9.17, 15) is 25.9 Å². The van der Waals surface area contributed by atoms with E-state index in [0.29, 0.717) is 0 Å². The van der Waals surface area contributed by atoms with E-state index in [1.807, 2.05) is 0 Å². The summed E-state index contributed by atoms with van der Waals surface area (Å²) in [5.41, 5.74) is 0. The van der Waals surface area contributed by atoms with Gasteiger partial charge in [-0.1, -0.05) is 9.05 Å². The summed E-state index contributed by atoms with van der Waals surface area (Å²) in [4.78, 5) is 4.49. The molecule has 15 heteroatoms. The van der Waals surface area contributed by atoms with Crippen LogP contribution in [0.5, 0.6) is 0 Å². The predicted octanol–water partition coefficient (Wildman–Crippen LogP) is -5.14. The third-order valence-corrected chi connectivity index (χ3v) is 2.83. The normalized spacial score (nSPS) is 10.8. The summed E-state index contributed by atoms with van der Waals surface area (Å²) in [5.74, 6) is 0. The Bertz CT molecular complexity index is 318. The van der Waals surface area contributed by atoms with Crippen molar-refractivity contribution in [3.8, 4) is 0 Å². The minimum atomic E-state index is -4.62. The molecule has 0 aliphatic rings. The first kappa shape index (κ1) is 21.5. The first-order valence-electron chi connectivity index (χ1n) is 2.62. The van der Waals surface area contributed by atoms with Crippen molar-refractivity contribution in [2.45, 2.75) is 0 Å². The van der Waals surface area contributed by atoms with Crippen molar-refractivity contribution < 1.29 is 68.6 Å². The molecule has 0 radical (unpaired) electrons. The molecule has 16 heavy (non-hydrogen) atoms. The average Bonchev–Trinajstić information content (AvgIpc) is 1.97. The van der Waals surface area contributed by atoms with Gasteiger partial charge in [0.1, 0.15) is 0 Å². The van der Waals surface area contributed by atoms with Crippen LogP contribution in [0.4, 0.5) is 9.05 Å². The van der Waals surface area contributed by atoms with Crippen LogP contribution < -0.4 is 23.9 Å². The molecule has 0 bridgehead atoms. The maximum absolute atomic E-state index is 10.2.